The van der Waals surface area contributed by atoms with E-state index in [1.165, 1.54) is 19.3 Å². The average molecular weight is 276 g/mol. The maximum atomic E-state index is 10.6. The predicted molar refractivity (Wildman–Crippen MR) is 80.8 cm³/mol. The van der Waals surface area contributed by atoms with Gasteiger partial charge < -0.3 is 5.32 Å². The number of hydrogen-bond donors (Lipinski definition) is 1. The van der Waals surface area contributed by atoms with Crippen LogP contribution in [0.1, 0.15) is 38.7 Å². The summed E-state index contributed by atoms with van der Waals surface area (Å²) in [4.78, 5) is 10.2. The Morgan fingerprint density at radius 1 is 1.25 bits per heavy atom. The lowest BCUT2D eigenvalue weighted by Gasteiger charge is -2.33. The maximum absolute atomic E-state index is 10.6. The molecule has 2 rings (SSSR count). The first kappa shape index (κ1) is 15.0. The van der Waals surface area contributed by atoms with Gasteiger partial charge in [-0.3, -0.25) is 10.1 Å². The third kappa shape index (κ3) is 4.04. The number of nitrogens with one attached hydrogen (secondary N) is 1. The number of nitrogens with zero attached hydrogens (tertiary/aromatic N) is 1. The second-order valence-corrected chi connectivity index (χ2v) is 6.13. The van der Waals surface area contributed by atoms with Gasteiger partial charge in [0.25, 0.3) is 5.69 Å². The monoisotopic (exact) mass is 276 g/mol. The largest absolute Gasteiger partial charge is 0.313 e. The third-order valence-electron chi connectivity index (χ3n) is 4.40. The molecule has 1 aromatic rings. The predicted octanol–water partition coefficient (Wildman–Crippen LogP) is 3.55. The van der Waals surface area contributed by atoms with Gasteiger partial charge in [0.1, 0.15) is 0 Å². The summed E-state index contributed by atoms with van der Waals surface area (Å²) in [6, 6.07) is 7.50. The van der Waals surface area contributed by atoms with E-state index in [-0.39, 0.29) is 10.6 Å². The standard InChI is InChI=1S/C16H24N2O2/c1-12-3-8-16(13(2)11-12)17-10-9-14-4-6-15(7-5-14)18(19)20/h4-7,12-13,16-17H,3,8-11H2,1-2H3. The topological polar surface area (TPSA) is 55.2 Å². The normalized spacial score (nSPS) is 26.4. The fourth-order valence-corrected chi connectivity index (χ4v) is 3.15. The van der Waals surface area contributed by atoms with Crippen molar-refractivity contribution in [2.45, 2.75) is 45.6 Å². The van der Waals surface area contributed by atoms with Crippen molar-refractivity contribution in [2.75, 3.05) is 6.54 Å². The van der Waals surface area contributed by atoms with Crippen molar-refractivity contribution in [3.05, 3.63) is 39.9 Å². The van der Waals surface area contributed by atoms with Crippen molar-refractivity contribution in [1.29, 1.82) is 0 Å². The zero-order chi connectivity index (χ0) is 14.5. The van der Waals surface area contributed by atoms with Crippen LogP contribution in [-0.4, -0.2) is 17.5 Å². The average Bonchev–Trinajstić information content (AvgIpc) is 2.42. The number of benzene rings is 1. The highest BCUT2D eigenvalue weighted by Gasteiger charge is 2.24. The van der Waals surface area contributed by atoms with E-state index in [0.717, 1.165) is 30.4 Å². The molecule has 0 spiro atoms. The minimum Gasteiger partial charge on any atom is -0.313 e. The molecule has 1 fully saturated rings. The summed E-state index contributed by atoms with van der Waals surface area (Å²) in [5.41, 5.74) is 1.32. The van der Waals surface area contributed by atoms with Crippen LogP contribution >= 0.6 is 0 Å². The lowest BCUT2D eigenvalue weighted by Crippen LogP contribution is -2.39. The molecule has 0 amide bonds. The van der Waals surface area contributed by atoms with Gasteiger partial charge in [-0.2, -0.15) is 0 Å². The van der Waals surface area contributed by atoms with Gasteiger partial charge in [0.2, 0.25) is 0 Å². The van der Waals surface area contributed by atoms with Crippen LogP contribution in [0.5, 0.6) is 0 Å². The highest BCUT2D eigenvalue weighted by molar-refractivity contribution is 5.32. The van der Waals surface area contributed by atoms with E-state index in [1.54, 1.807) is 12.1 Å². The zero-order valence-electron chi connectivity index (χ0n) is 12.3. The second kappa shape index (κ2) is 6.84. The fraction of sp³-hybridized carbons (Fsp3) is 0.625. The molecule has 1 aliphatic rings. The Kier molecular flexibility index (Phi) is 5.12. The third-order valence-corrected chi connectivity index (χ3v) is 4.40. The molecule has 0 bridgehead atoms. The zero-order valence-corrected chi connectivity index (χ0v) is 12.3. The van der Waals surface area contributed by atoms with Crippen LogP contribution in [0.3, 0.4) is 0 Å². The first-order chi connectivity index (χ1) is 9.56. The summed E-state index contributed by atoms with van der Waals surface area (Å²) >= 11 is 0. The molecule has 1 N–H and O–H groups in total. The van der Waals surface area contributed by atoms with Gasteiger partial charge in [-0.1, -0.05) is 26.0 Å². The Morgan fingerprint density at radius 3 is 2.55 bits per heavy atom. The summed E-state index contributed by atoms with van der Waals surface area (Å²) in [6.07, 6.45) is 4.83. The molecule has 0 saturated heterocycles. The van der Waals surface area contributed by atoms with Crippen LogP contribution in [0, 0.1) is 22.0 Å². The van der Waals surface area contributed by atoms with E-state index in [1.807, 2.05) is 12.1 Å². The van der Waals surface area contributed by atoms with Crippen molar-refractivity contribution >= 4 is 5.69 Å². The van der Waals surface area contributed by atoms with E-state index in [2.05, 4.69) is 19.2 Å². The molecule has 3 unspecified atom stereocenters. The highest BCUT2D eigenvalue weighted by Crippen LogP contribution is 2.28. The molecule has 4 nitrogen and oxygen atoms in total. The summed E-state index contributed by atoms with van der Waals surface area (Å²) in [6.45, 7) is 5.62. The molecular formula is C16H24N2O2. The number of nitro groups is 1. The number of hydrogen-bond acceptors (Lipinski definition) is 3. The summed E-state index contributed by atoms with van der Waals surface area (Å²) in [5, 5.41) is 14.2. The first-order valence-electron chi connectivity index (χ1n) is 7.53. The van der Waals surface area contributed by atoms with E-state index in [0.29, 0.717) is 6.04 Å². The Labute approximate surface area is 120 Å². The fourth-order valence-electron chi connectivity index (χ4n) is 3.15. The summed E-state index contributed by atoms with van der Waals surface area (Å²) in [5.74, 6) is 1.60. The van der Waals surface area contributed by atoms with Crippen LogP contribution < -0.4 is 5.32 Å². The summed E-state index contributed by atoms with van der Waals surface area (Å²) < 4.78 is 0. The molecule has 0 radical (unpaired) electrons. The molecule has 0 aromatic heterocycles. The molecule has 0 heterocycles. The lowest BCUT2D eigenvalue weighted by atomic mass is 9.80. The molecule has 110 valence electrons. The molecule has 1 aliphatic carbocycles. The number of rotatable bonds is 5. The minimum absolute atomic E-state index is 0.164. The molecule has 1 saturated carbocycles. The Bertz CT molecular complexity index is 444. The van der Waals surface area contributed by atoms with Crippen molar-refractivity contribution in [2.24, 2.45) is 11.8 Å². The number of non-ortho nitro benzene ring substituents is 1. The second-order valence-electron chi connectivity index (χ2n) is 6.13. The Morgan fingerprint density at radius 2 is 1.95 bits per heavy atom. The van der Waals surface area contributed by atoms with Crippen molar-refractivity contribution < 1.29 is 4.92 Å². The van der Waals surface area contributed by atoms with Crippen molar-refractivity contribution in [3.8, 4) is 0 Å². The Hall–Kier alpha value is -1.42. The molecule has 3 atom stereocenters. The first-order valence-corrected chi connectivity index (χ1v) is 7.53. The molecule has 0 aliphatic heterocycles. The quantitative estimate of drug-likeness (QED) is 0.661. The van der Waals surface area contributed by atoms with Gasteiger partial charge in [0.05, 0.1) is 4.92 Å². The van der Waals surface area contributed by atoms with Crippen molar-refractivity contribution in [3.63, 3.8) is 0 Å². The van der Waals surface area contributed by atoms with E-state index >= 15 is 0 Å². The van der Waals surface area contributed by atoms with E-state index < -0.39 is 0 Å². The van der Waals surface area contributed by atoms with Gasteiger partial charge in [-0.15, -0.1) is 0 Å². The molecular weight excluding hydrogens is 252 g/mol. The van der Waals surface area contributed by atoms with Crippen molar-refractivity contribution in [1.82, 2.24) is 5.32 Å². The lowest BCUT2D eigenvalue weighted by molar-refractivity contribution is -0.384. The van der Waals surface area contributed by atoms with Crippen LogP contribution in [0.2, 0.25) is 0 Å². The number of nitro benzene ring substituents is 1. The molecule has 1 aromatic carbocycles. The van der Waals surface area contributed by atoms with E-state index in [4.69, 9.17) is 0 Å². The molecule has 20 heavy (non-hydrogen) atoms. The van der Waals surface area contributed by atoms with Gasteiger partial charge >= 0.3 is 0 Å². The van der Waals surface area contributed by atoms with Gasteiger partial charge in [0, 0.05) is 18.2 Å². The maximum Gasteiger partial charge on any atom is 0.269 e. The molecule has 4 heteroatoms. The van der Waals surface area contributed by atoms with E-state index in [9.17, 15) is 10.1 Å². The van der Waals surface area contributed by atoms with Gasteiger partial charge in [-0.05, 0) is 49.6 Å². The van der Waals surface area contributed by atoms with Gasteiger partial charge in [-0.25, -0.2) is 0 Å². The van der Waals surface area contributed by atoms with Crippen LogP contribution in [-0.2, 0) is 6.42 Å². The van der Waals surface area contributed by atoms with Crippen LogP contribution in [0.25, 0.3) is 0 Å². The summed E-state index contributed by atoms with van der Waals surface area (Å²) in [7, 11) is 0. The smallest absolute Gasteiger partial charge is 0.269 e. The Balaban J connectivity index is 1.76. The van der Waals surface area contributed by atoms with Crippen LogP contribution in [0.4, 0.5) is 5.69 Å². The highest BCUT2D eigenvalue weighted by atomic mass is 16.6. The van der Waals surface area contributed by atoms with Gasteiger partial charge in [0.15, 0.2) is 0 Å². The van der Waals surface area contributed by atoms with Crippen LogP contribution in [0.15, 0.2) is 24.3 Å². The SMILES string of the molecule is CC1CCC(NCCc2ccc([N+](=O)[O-])cc2)C(C)C1. The minimum atomic E-state index is -0.354.